The molecule has 0 bridgehead atoms. The van der Waals surface area contributed by atoms with Crippen LogP contribution >= 0.6 is 0 Å². The van der Waals surface area contributed by atoms with E-state index in [0.717, 1.165) is 18.4 Å². The molecule has 1 aromatic heterocycles. The molecule has 0 atom stereocenters. The molecular weight excluding hydrogens is 420 g/mol. The maximum Gasteiger partial charge on any atom is 0.342 e. The molecule has 164 valence electrons. The van der Waals surface area contributed by atoms with Crippen LogP contribution < -0.4 is 4.18 Å². The Morgan fingerprint density at radius 3 is 2.68 bits per heavy atom. The molecule has 0 saturated carbocycles. The lowest BCUT2D eigenvalue weighted by Crippen LogP contribution is -2.15. The lowest BCUT2D eigenvalue weighted by Gasteiger charge is -2.13. The molecule has 3 aromatic rings. The van der Waals surface area contributed by atoms with Gasteiger partial charge in [0.15, 0.2) is 18.2 Å². The first-order valence-corrected chi connectivity index (χ1v) is 11.3. The minimum atomic E-state index is -4.14. The molecule has 9 nitrogen and oxygen atoms in total. The van der Waals surface area contributed by atoms with Gasteiger partial charge in [0, 0.05) is 6.54 Å². The van der Waals surface area contributed by atoms with E-state index in [1.54, 1.807) is 36.7 Å². The van der Waals surface area contributed by atoms with Gasteiger partial charge in [0.1, 0.15) is 10.5 Å². The number of carbonyl (C=O) groups excluding carboxylic acids is 1. The third kappa shape index (κ3) is 5.46. The molecule has 0 spiro atoms. The Morgan fingerprint density at radius 2 is 1.90 bits per heavy atom. The van der Waals surface area contributed by atoms with Gasteiger partial charge in [0.25, 0.3) is 0 Å². The second-order valence-corrected chi connectivity index (χ2v) is 8.57. The minimum absolute atomic E-state index is 0.0102. The number of nitrogens with zero attached hydrogens (tertiary/aromatic N) is 4. The number of unbranched alkanes of at least 4 members (excludes halogenated alkanes) is 1. The number of para-hydroxylation sites is 1. The summed E-state index contributed by atoms with van der Waals surface area (Å²) in [6.07, 6.45) is 1.86. The predicted octanol–water partition coefficient (Wildman–Crippen LogP) is 3.21. The standard InChI is InChI=1S/C21H24N4O5S/c1-4-5-12-25-20(22-23-24-25)14-29-21(26)17-8-6-7-9-18(17)30-31(27,28)19-13-15(2)10-11-16(19)3/h6-11,13H,4-5,12,14H2,1-3H3. The Bertz CT molecular complexity index is 1170. The number of ether oxygens (including phenoxy) is 1. The molecule has 0 aliphatic rings. The van der Waals surface area contributed by atoms with Crippen molar-refractivity contribution in [3.8, 4) is 5.75 Å². The van der Waals surface area contributed by atoms with Crippen molar-refractivity contribution in [2.75, 3.05) is 0 Å². The van der Waals surface area contributed by atoms with Crippen LogP contribution in [0.1, 0.15) is 47.1 Å². The summed E-state index contributed by atoms with van der Waals surface area (Å²) < 4.78 is 37.9. The van der Waals surface area contributed by atoms with Crippen LogP contribution in [0.2, 0.25) is 0 Å². The van der Waals surface area contributed by atoms with Crippen LogP contribution in [0.25, 0.3) is 0 Å². The summed E-state index contributed by atoms with van der Waals surface area (Å²) in [6, 6.07) is 11.1. The molecule has 0 saturated heterocycles. The van der Waals surface area contributed by atoms with Crippen molar-refractivity contribution in [3.63, 3.8) is 0 Å². The van der Waals surface area contributed by atoms with Crippen LogP contribution in [0.3, 0.4) is 0 Å². The zero-order valence-corrected chi connectivity index (χ0v) is 18.4. The second-order valence-electron chi connectivity index (χ2n) is 7.05. The number of hydrogen-bond acceptors (Lipinski definition) is 8. The van der Waals surface area contributed by atoms with Crippen molar-refractivity contribution < 1.29 is 22.1 Å². The fourth-order valence-electron chi connectivity index (χ4n) is 2.86. The number of tetrazole rings is 1. The summed E-state index contributed by atoms with van der Waals surface area (Å²) in [7, 11) is -4.14. The molecule has 0 unspecified atom stereocenters. The van der Waals surface area contributed by atoms with Gasteiger partial charge < -0.3 is 8.92 Å². The van der Waals surface area contributed by atoms with E-state index in [-0.39, 0.29) is 22.8 Å². The quantitative estimate of drug-likeness (QED) is 0.365. The molecule has 0 amide bonds. The van der Waals surface area contributed by atoms with Crippen LogP contribution in [0, 0.1) is 13.8 Å². The smallest absolute Gasteiger partial charge is 0.342 e. The number of esters is 1. The molecular formula is C21H24N4O5S. The number of aromatic nitrogens is 4. The monoisotopic (exact) mass is 444 g/mol. The van der Waals surface area contributed by atoms with Gasteiger partial charge in [-0.3, -0.25) is 0 Å². The number of aryl methyl sites for hydroxylation is 3. The maximum atomic E-state index is 12.8. The van der Waals surface area contributed by atoms with Crippen molar-refractivity contribution in [1.29, 1.82) is 0 Å². The molecule has 31 heavy (non-hydrogen) atoms. The van der Waals surface area contributed by atoms with Crippen LogP contribution in [-0.2, 0) is 28.0 Å². The van der Waals surface area contributed by atoms with Crippen molar-refractivity contribution in [1.82, 2.24) is 20.2 Å². The third-order valence-electron chi connectivity index (χ3n) is 4.58. The zero-order valence-electron chi connectivity index (χ0n) is 17.6. The molecule has 3 rings (SSSR count). The highest BCUT2D eigenvalue weighted by atomic mass is 32.2. The zero-order chi connectivity index (χ0) is 22.4. The van der Waals surface area contributed by atoms with Crippen LogP contribution in [-0.4, -0.2) is 34.6 Å². The van der Waals surface area contributed by atoms with Crippen molar-refractivity contribution in [3.05, 3.63) is 65.0 Å². The molecule has 2 aromatic carbocycles. The maximum absolute atomic E-state index is 12.8. The fourth-order valence-corrected chi connectivity index (χ4v) is 4.13. The first-order valence-electron chi connectivity index (χ1n) is 9.84. The van der Waals surface area contributed by atoms with Crippen LogP contribution in [0.4, 0.5) is 0 Å². The van der Waals surface area contributed by atoms with E-state index in [2.05, 4.69) is 15.5 Å². The second kappa shape index (κ2) is 9.69. The number of rotatable bonds is 9. The first kappa shape index (κ1) is 22.4. The van der Waals surface area contributed by atoms with E-state index < -0.39 is 16.1 Å². The van der Waals surface area contributed by atoms with Crippen molar-refractivity contribution in [2.24, 2.45) is 0 Å². The predicted molar refractivity (Wildman–Crippen MR) is 112 cm³/mol. The summed E-state index contributed by atoms with van der Waals surface area (Å²) in [4.78, 5) is 12.7. The summed E-state index contributed by atoms with van der Waals surface area (Å²) in [5.74, 6) is -0.445. The van der Waals surface area contributed by atoms with E-state index >= 15 is 0 Å². The Labute approximate surface area is 181 Å². The van der Waals surface area contributed by atoms with E-state index in [1.807, 2.05) is 13.0 Å². The fraction of sp³-hybridized carbons (Fsp3) is 0.333. The highest BCUT2D eigenvalue weighted by Crippen LogP contribution is 2.26. The van der Waals surface area contributed by atoms with Crippen molar-refractivity contribution in [2.45, 2.75) is 51.7 Å². The average Bonchev–Trinajstić information content (AvgIpc) is 3.19. The molecule has 0 radical (unpaired) electrons. The van der Waals surface area contributed by atoms with Crippen LogP contribution in [0.5, 0.6) is 5.75 Å². The van der Waals surface area contributed by atoms with Gasteiger partial charge in [0.05, 0.1) is 0 Å². The van der Waals surface area contributed by atoms with Gasteiger partial charge in [0.2, 0.25) is 0 Å². The summed E-state index contributed by atoms with van der Waals surface area (Å²) in [5.41, 5.74) is 1.31. The van der Waals surface area contributed by atoms with Gasteiger partial charge in [-0.05, 0) is 60.0 Å². The minimum Gasteiger partial charge on any atom is -0.454 e. The normalized spacial score (nSPS) is 11.3. The van der Waals surface area contributed by atoms with E-state index in [9.17, 15) is 13.2 Å². The summed E-state index contributed by atoms with van der Waals surface area (Å²) >= 11 is 0. The third-order valence-corrected chi connectivity index (χ3v) is 5.96. The largest absolute Gasteiger partial charge is 0.454 e. The number of carbonyl (C=O) groups is 1. The number of benzene rings is 2. The Hall–Kier alpha value is -3.27. The molecule has 0 fully saturated rings. The van der Waals surface area contributed by atoms with Gasteiger partial charge in [-0.25, -0.2) is 9.48 Å². The highest BCUT2D eigenvalue weighted by molar-refractivity contribution is 7.87. The SMILES string of the molecule is CCCCn1nnnc1COC(=O)c1ccccc1OS(=O)(=O)c1cc(C)ccc1C. The van der Waals surface area contributed by atoms with Crippen molar-refractivity contribution >= 4 is 16.1 Å². The molecule has 10 heteroatoms. The van der Waals surface area contributed by atoms with Crippen LogP contribution in [0.15, 0.2) is 47.4 Å². The van der Waals surface area contributed by atoms with Gasteiger partial charge >= 0.3 is 16.1 Å². The molecule has 1 heterocycles. The topological polar surface area (TPSA) is 113 Å². The van der Waals surface area contributed by atoms with E-state index in [4.69, 9.17) is 8.92 Å². The average molecular weight is 445 g/mol. The van der Waals surface area contributed by atoms with Gasteiger partial charge in [-0.15, -0.1) is 5.10 Å². The Morgan fingerprint density at radius 1 is 1.13 bits per heavy atom. The number of hydrogen-bond donors (Lipinski definition) is 0. The van der Waals surface area contributed by atoms with Gasteiger partial charge in [-0.1, -0.05) is 37.6 Å². The summed E-state index contributed by atoms with van der Waals surface area (Å²) in [5, 5.41) is 11.4. The lowest BCUT2D eigenvalue weighted by molar-refractivity contribution is 0.0454. The molecule has 0 N–H and O–H groups in total. The summed E-state index contributed by atoms with van der Waals surface area (Å²) in [6.45, 7) is 5.99. The van der Waals surface area contributed by atoms with Gasteiger partial charge in [-0.2, -0.15) is 8.42 Å². The first-order chi connectivity index (χ1) is 14.8. The lowest BCUT2D eigenvalue weighted by atomic mass is 10.2. The molecule has 0 aliphatic heterocycles. The van der Waals surface area contributed by atoms with E-state index in [0.29, 0.717) is 17.9 Å². The highest BCUT2D eigenvalue weighted by Gasteiger charge is 2.23. The Balaban J connectivity index is 1.78. The molecule has 0 aliphatic carbocycles. The Kier molecular flexibility index (Phi) is 7.01. The van der Waals surface area contributed by atoms with E-state index in [1.165, 1.54) is 18.2 Å².